The van der Waals surface area contributed by atoms with Gasteiger partial charge in [0.1, 0.15) is 5.78 Å². The van der Waals surface area contributed by atoms with Crippen LogP contribution in [0.4, 0.5) is 0 Å². The van der Waals surface area contributed by atoms with Gasteiger partial charge in [-0.1, -0.05) is 41.5 Å². The van der Waals surface area contributed by atoms with E-state index in [1.165, 1.54) is 16.7 Å². The predicted molar refractivity (Wildman–Crippen MR) is 114 cm³/mol. The number of carbonyl (C=O) groups is 3. The van der Waals surface area contributed by atoms with Gasteiger partial charge in [0.15, 0.2) is 0 Å². The lowest BCUT2D eigenvalue weighted by molar-refractivity contribution is -0.146. The molecule has 0 aliphatic carbocycles. The minimum absolute atomic E-state index is 0.161. The first-order valence-electron chi connectivity index (χ1n) is 10.1. The highest BCUT2D eigenvalue weighted by molar-refractivity contribution is 8.03. The van der Waals surface area contributed by atoms with Gasteiger partial charge in [0.25, 0.3) is 0 Å². The standard InChI is InChI=1S/C21H36BNO3S/c1-9-19(5,6)17(25)14(4)13-20(7,8)23-16(24)12-15(18(23)26)27-21(22,10-2)11-3/h14-15H,9-13H2,1-8H3. The van der Waals surface area contributed by atoms with Crippen molar-refractivity contribution in [3.8, 4) is 0 Å². The molecule has 27 heavy (non-hydrogen) atoms. The van der Waals surface area contributed by atoms with E-state index in [9.17, 15) is 14.4 Å². The number of imide groups is 1. The monoisotopic (exact) mass is 393 g/mol. The van der Waals surface area contributed by atoms with E-state index in [0.717, 1.165) is 19.3 Å². The second kappa shape index (κ2) is 8.71. The Bertz CT molecular complexity index is 584. The van der Waals surface area contributed by atoms with Gasteiger partial charge in [-0.05, 0) is 44.2 Å². The molecule has 2 unspecified atom stereocenters. The number of carbonyl (C=O) groups excluding carboxylic acids is 3. The molecule has 1 rings (SSSR count). The topological polar surface area (TPSA) is 54.5 Å². The van der Waals surface area contributed by atoms with Gasteiger partial charge in [0.2, 0.25) is 11.8 Å². The van der Waals surface area contributed by atoms with Crippen molar-refractivity contribution in [2.45, 2.75) is 103 Å². The van der Waals surface area contributed by atoms with Crippen molar-refractivity contribution in [1.29, 1.82) is 0 Å². The maximum absolute atomic E-state index is 13.0. The van der Waals surface area contributed by atoms with E-state index in [4.69, 9.17) is 7.85 Å². The Kier molecular flexibility index (Phi) is 7.83. The van der Waals surface area contributed by atoms with Gasteiger partial charge in [0.05, 0.1) is 13.1 Å². The average molecular weight is 393 g/mol. The summed E-state index contributed by atoms with van der Waals surface area (Å²) in [5, 5.41) is -0.431. The van der Waals surface area contributed by atoms with Crippen LogP contribution in [0, 0.1) is 11.3 Å². The molecule has 0 spiro atoms. The highest BCUT2D eigenvalue weighted by Gasteiger charge is 2.48. The molecule has 2 amide bonds. The number of ketones is 1. The van der Waals surface area contributed by atoms with Crippen molar-refractivity contribution in [3.05, 3.63) is 0 Å². The molecule has 1 aliphatic heterocycles. The molecular formula is C21H36BNO3S. The Hall–Kier alpha value is -0.775. The zero-order valence-corrected chi connectivity index (χ0v) is 19.2. The van der Waals surface area contributed by atoms with Crippen LogP contribution in [0.5, 0.6) is 0 Å². The number of hydrogen-bond acceptors (Lipinski definition) is 4. The summed E-state index contributed by atoms with van der Waals surface area (Å²) in [7, 11) is 6.36. The Morgan fingerprint density at radius 2 is 1.67 bits per heavy atom. The highest BCUT2D eigenvalue weighted by Crippen LogP contribution is 2.41. The lowest BCUT2D eigenvalue weighted by Gasteiger charge is -2.38. The third-order valence-electron chi connectivity index (χ3n) is 6.09. The van der Waals surface area contributed by atoms with Crippen molar-refractivity contribution in [2.75, 3.05) is 0 Å². The third kappa shape index (κ3) is 5.39. The van der Waals surface area contributed by atoms with E-state index < -0.39 is 20.9 Å². The lowest BCUT2D eigenvalue weighted by Crippen LogP contribution is -2.50. The van der Waals surface area contributed by atoms with Gasteiger partial charge in [-0.2, -0.15) is 11.8 Å². The molecule has 1 saturated heterocycles. The molecule has 2 atom stereocenters. The summed E-state index contributed by atoms with van der Waals surface area (Å²) in [6, 6.07) is 0. The van der Waals surface area contributed by atoms with Gasteiger partial charge in [-0.3, -0.25) is 19.3 Å². The Labute approximate surface area is 171 Å². The fourth-order valence-corrected chi connectivity index (χ4v) is 5.14. The minimum atomic E-state index is -0.696. The van der Waals surface area contributed by atoms with E-state index in [0.29, 0.717) is 6.42 Å². The van der Waals surface area contributed by atoms with Crippen LogP contribution in [0.2, 0.25) is 0 Å². The molecule has 2 radical (unpaired) electrons. The van der Waals surface area contributed by atoms with Crippen LogP contribution in [0.25, 0.3) is 0 Å². The molecule has 0 aromatic rings. The van der Waals surface area contributed by atoms with Gasteiger partial charge >= 0.3 is 0 Å². The predicted octanol–water partition coefficient (Wildman–Crippen LogP) is 4.34. The van der Waals surface area contributed by atoms with E-state index in [-0.39, 0.29) is 29.9 Å². The second-order valence-corrected chi connectivity index (χ2v) is 10.8. The van der Waals surface area contributed by atoms with Crippen molar-refractivity contribution in [1.82, 2.24) is 4.90 Å². The highest BCUT2D eigenvalue weighted by atomic mass is 32.2. The summed E-state index contributed by atoms with van der Waals surface area (Å²) >= 11 is 1.42. The van der Waals surface area contributed by atoms with E-state index in [1.807, 2.05) is 55.4 Å². The smallest absolute Gasteiger partial charge is 0.243 e. The van der Waals surface area contributed by atoms with Crippen LogP contribution in [0.15, 0.2) is 0 Å². The minimum Gasteiger partial charge on any atom is -0.299 e. The van der Waals surface area contributed by atoms with Gasteiger partial charge in [0, 0.05) is 23.3 Å². The summed E-state index contributed by atoms with van der Waals surface area (Å²) in [5.74, 6) is -0.365. The van der Waals surface area contributed by atoms with Gasteiger partial charge in [-0.25, -0.2) is 0 Å². The maximum Gasteiger partial charge on any atom is 0.243 e. The third-order valence-corrected chi connectivity index (χ3v) is 7.79. The summed E-state index contributed by atoms with van der Waals surface area (Å²) in [4.78, 5) is 39.9. The fourth-order valence-electron chi connectivity index (χ4n) is 3.81. The fraction of sp³-hybridized carbons (Fsp3) is 0.857. The van der Waals surface area contributed by atoms with Crippen LogP contribution >= 0.6 is 11.8 Å². The second-order valence-electron chi connectivity index (χ2n) is 9.17. The first-order valence-corrected chi connectivity index (χ1v) is 11.0. The van der Waals surface area contributed by atoms with E-state index in [1.54, 1.807) is 0 Å². The maximum atomic E-state index is 13.0. The van der Waals surface area contributed by atoms with Gasteiger partial charge in [-0.15, -0.1) is 0 Å². The SMILES string of the molecule is [B]C(CC)(CC)SC1CC(=O)N(C(C)(C)CC(C)C(=O)C(C)(C)CC)C1=O. The van der Waals surface area contributed by atoms with Crippen LogP contribution in [-0.2, 0) is 14.4 Å². The number of thioether (sulfide) groups is 1. The lowest BCUT2D eigenvalue weighted by atomic mass is 9.76. The molecule has 152 valence electrons. The van der Waals surface area contributed by atoms with Crippen molar-refractivity contribution in [3.63, 3.8) is 0 Å². The summed E-state index contributed by atoms with van der Waals surface area (Å²) < 4.78 is -0.491. The molecule has 0 saturated carbocycles. The largest absolute Gasteiger partial charge is 0.299 e. The van der Waals surface area contributed by atoms with E-state index >= 15 is 0 Å². The van der Waals surface area contributed by atoms with Crippen molar-refractivity contribution in [2.24, 2.45) is 11.3 Å². The molecule has 6 heteroatoms. The first-order chi connectivity index (χ1) is 12.2. The Balaban J connectivity index is 2.95. The molecule has 0 bridgehead atoms. The van der Waals surface area contributed by atoms with Crippen LogP contribution < -0.4 is 0 Å². The zero-order valence-electron chi connectivity index (χ0n) is 18.3. The molecule has 1 heterocycles. The zero-order chi connectivity index (χ0) is 21.2. The quantitative estimate of drug-likeness (QED) is 0.409. The summed E-state index contributed by atoms with van der Waals surface area (Å²) in [6.45, 7) is 15.6. The van der Waals surface area contributed by atoms with Crippen molar-refractivity contribution < 1.29 is 14.4 Å². The molecule has 0 aromatic carbocycles. The summed E-state index contributed by atoms with van der Waals surface area (Å²) in [5.41, 5.74) is -1.09. The number of Topliss-reactive ketones (excluding diaryl/α,β-unsaturated/α-hetero) is 1. The number of hydrogen-bond donors (Lipinski definition) is 0. The Morgan fingerprint density at radius 3 is 2.11 bits per heavy atom. The van der Waals surface area contributed by atoms with Crippen LogP contribution in [0.3, 0.4) is 0 Å². The molecular weight excluding hydrogens is 357 g/mol. The number of nitrogens with zero attached hydrogens (tertiary/aromatic N) is 1. The number of rotatable bonds is 10. The van der Waals surface area contributed by atoms with Crippen LogP contribution in [-0.4, -0.2) is 45.8 Å². The molecule has 1 fully saturated rings. The normalized spacial score (nSPS) is 20.3. The molecule has 0 aromatic heterocycles. The first kappa shape index (κ1) is 24.3. The Morgan fingerprint density at radius 1 is 1.15 bits per heavy atom. The van der Waals surface area contributed by atoms with E-state index in [2.05, 4.69) is 0 Å². The molecule has 4 nitrogen and oxygen atoms in total. The average Bonchev–Trinajstić information content (AvgIpc) is 2.87. The van der Waals surface area contributed by atoms with Crippen LogP contribution in [0.1, 0.15) is 87.5 Å². The number of amides is 2. The van der Waals surface area contributed by atoms with Crippen molar-refractivity contribution >= 4 is 37.2 Å². The summed E-state index contributed by atoms with van der Waals surface area (Å²) in [6.07, 6.45) is 2.91. The molecule has 0 N–H and O–H groups in total. The molecule has 1 aliphatic rings. The van der Waals surface area contributed by atoms with Gasteiger partial charge < -0.3 is 0 Å². The number of likely N-dealkylation sites (tertiary alicyclic amines) is 1.